The fraction of sp³-hybridized carbons (Fsp3) is 0.844. The number of carbonyl (C=O) groups is 1. The van der Waals surface area contributed by atoms with E-state index in [1.54, 1.807) is 0 Å². The molecular formula is C45H82O12S. The first-order valence-corrected chi connectivity index (χ1v) is 24.1. The van der Waals surface area contributed by atoms with E-state index in [0.29, 0.717) is 13.0 Å². The van der Waals surface area contributed by atoms with Crippen LogP contribution in [0.5, 0.6) is 0 Å². The van der Waals surface area contributed by atoms with Gasteiger partial charge in [0.2, 0.25) is 0 Å². The summed E-state index contributed by atoms with van der Waals surface area (Å²) >= 11 is 0. The van der Waals surface area contributed by atoms with Gasteiger partial charge in [-0.25, -0.2) is 4.18 Å². The molecule has 0 spiro atoms. The Hall–Kier alpha value is -1.68. The fourth-order valence-corrected chi connectivity index (χ4v) is 7.26. The Morgan fingerprint density at radius 1 is 0.655 bits per heavy atom. The first-order chi connectivity index (χ1) is 28.1. The van der Waals surface area contributed by atoms with Crippen molar-refractivity contribution < 1.29 is 56.2 Å². The second-order valence-corrected chi connectivity index (χ2v) is 16.7. The number of aliphatic hydroxyl groups excluding tert-OH is 3. The average Bonchev–Trinajstić information content (AvgIpc) is 3.19. The van der Waals surface area contributed by atoms with Crippen LogP contribution in [0.2, 0.25) is 0 Å². The molecule has 1 aliphatic heterocycles. The quantitative estimate of drug-likeness (QED) is 0.0200. The number of rotatable bonds is 39. The Kier molecular flexibility index (Phi) is 34.8. The summed E-state index contributed by atoms with van der Waals surface area (Å²) in [6.07, 6.45) is 33.1. The number of ether oxygens (including phenoxy) is 4. The van der Waals surface area contributed by atoms with Crippen LogP contribution in [-0.2, 0) is 38.3 Å². The van der Waals surface area contributed by atoms with E-state index in [1.165, 1.54) is 96.3 Å². The summed E-state index contributed by atoms with van der Waals surface area (Å²) in [7, 11) is -5.06. The van der Waals surface area contributed by atoms with Gasteiger partial charge in [0.05, 0.1) is 19.8 Å². The first-order valence-electron chi connectivity index (χ1n) is 22.7. The zero-order valence-electron chi connectivity index (χ0n) is 36.1. The Morgan fingerprint density at radius 2 is 1.14 bits per heavy atom. The lowest BCUT2D eigenvalue weighted by molar-refractivity contribution is -0.301. The van der Waals surface area contributed by atoms with Crippen LogP contribution in [0, 0.1) is 0 Å². The van der Waals surface area contributed by atoms with Crippen molar-refractivity contribution in [3.05, 3.63) is 36.5 Å². The Labute approximate surface area is 352 Å². The number of hydrogen-bond donors (Lipinski definition) is 4. The van der Waals surface area contributed by atoms with Crippen LogP contribution < -0.4 is 0 Å². The molecule has 340 valence electrons. The number of carbonyl (C=O) groups excluding carboxylic acids is 1. The third kappa shape index (κ3) is 30.4. The molecule has 1 rings (SSSR count). The van der Waals surface area contributed by atoms with Gasteiger partial charge in [0.25, 0.3) is 0 Å². The third-order valence-electron chi connectivity index (χ3n) is 10.2. The number of hydrogen-bond acceptors (Lipinski definition) is 11. The van der Waals surface area contributed by atoms with Gasteiger partial charge in [-0.1, -0.05) is 140 Å². The molecule has 12 nitrogen and oxygen atoms in total. The predicted molar refractivity (Wildman–Crippen MR) is 230 cm³/mol. The molecule has 1 heterocycles. The Morgan fingerprint density at radius 3 is 1.69 bits per heavy atom. The highest BCUT2D eigenvalue weighted by Crippen LogP contribution is 2.26. The minimum Gasteiger partial charge on any atom is -0.457 e. The highest BCUT2D eigenvalue weighted by Gasteiger charge is 2.48. The number of allylic oxidation sites excluding steroid dienone is 6. The maximum Gasteiger partial charge on any atom is 0.397 e. The SMILES string of the molecule is CCCCC/C=C\C/C=C\CCCCCCCCCC(=O)OC(COCCCCCCCC/C=C\CCCCCC)COC1OC(CO)C(O)C(OS(=O)(=O)O)C1O. The van der Waals surface area contributed by atoms with E-state index >= 15 is 0 Å². The summed E-state index contributed by atoms with van der Waals surface area (Å²) in [4.78, 5) is 12.8. The van der Waals surface area contributed by atoms with Crippen LogP contribution >= 0.6 is 0 Å². The summed E-state index contributed by atoms with van der Waals surface area (Å²) in [6, 6.07) is 0. The zero-order valence-corrected chi connectivity index (χ0v) is 36.9. The lowest BCUT2D eigenvalue weighted by Gasteiger charge is -2.41. The predicted octanol–water partition coefficient (Wildman–Crippen LogP) is 9.41. The summed E-state index contributed by atoms with van der Waals surface area (Å²) in [5, 5.41) is 30.6. The number of esters is 1. The molecule has 1 fully saturated rings. The van der Waals surface area contributed by atoms with Crippen LogP contribution in [0.25, 0.3) is 0 Å². The van der Waals surface area contributed by atoms with Crippen LogP contribution in [0.3, 0.4) is 0 Å². The molecule has 0 aliphatic carbocycles. The highest BCUT2D eigenvalue weighted by atomic mass is 32.3. The van der Waals surface area contributed by atoms with Crippen LogP contribution in [0.1, 0.15) is 181 Å². The van der Waals surface area contributed by atoms with Crippen LogP contribution in [0.15, 0.2) is 36.5 Å². The monoisotopic (exact) mass is 847 g/mol. The van der Waals surface area contributed by atoms with Crippen molar-refractivity contribution in [3.8, 4) is 0 Å². The standard InChI is InChI=1S/C45H82O12S/c1-3-5-7-9-11-13-15-17-19-20-21-22-24-26-28-30-32-34-41(47)55-39(37-53-35-33-31-29-27-25-23-18-16-14-12-10-8-6-4-2)38-54-45-43(49)44(57-58(50,51)52)42(48)40(36-46)56-45/h11,13-14,16-17,19,39-40,42-46,48-49H,3-10,12,15,18,20-38H2,1-2H3,(H,50,51,52)/b13-11-,16-14-,19-17-. The fourth-order valence-electron chi connectivity index (χ4n) is 6.76. The molecule has 0 saturated carbocycles. The summed E-state index contributed by atoms with van der Waals surface area (Å²) in [5.41, 5.74) is 0. The van der Waals surface area contributed by atoms with E-state index in [-0.39, 0.29) is 19.6 Å². The Bertz CT molecular complexity index is 1160. The van der Waals surface area contributed by atoms with Crippen LogP contribution in [-0.4, -0.2) is 97.5 Å². The summed E-state index contributed by atoms with van der Waals surface area (Å²) in [5.74, 6) is -0.410. The molecule has 0 radical (unpaired) electrons. The molecule has 1 aliphatic rings. The van der Waals surface area contributed by atoms with Crippen molar-refractivity contribution in [2.45, 2.75) is 218 Å². The van der Waals surface area contributed by atoms with Crippen molar-refractivity contribution in [2.24, 2.45) is 0 Å². The van der Waals surface area contributed by atoms with Gasteiger partial charge in [-0.15, -0.1) is 0 Å². The number of unbranched alkanes of at least 4 members (excludes halogenated alkanes) is 20. The van der Waals surface area contributed by atoms with E-state index in [9.17, 15) is 28.5 Å². The van der Waals surface area contributed by atoms with Crippen LogP contribution in [0.4, 0.5) is 0 Å². The average molecular weight is 847 g/mol. The molecule has 1 saturated heterocycles. The summed E-state index contributed by atoms with van der Waals surface area (Å²) in [6.45, 7) is 3.93. The zero-order chi connectivity index (χ0) is 42.5. The second-order valence-electron chi connectivity index (χ2n) is 15.6. The van der Waals surface area contributed by atoms with Gasteiger partial charge in [0, 0.05) is 13.0 Å². The van der Waals surface area contributed by atoms with Gasteiger partial charge in [-0.3, -0.25) is 9.35 Å². The van der Waals surface area contributed by atoms with Gasteiger partial charge in [0.15, 0.2) is 6.29 Å². The first kappa shape index (κ1) is 54.3. The van der Waals surface area contributed by atoms with Gasteiger partial charge in [-0.2, -0.15) is 8.42 Å². The lowest BCUT2D eigenvalue weighted by atomic mass is 9.99. The second kappa shape index (κ2) is 37.1. The largest absolute Gasteiger partial charge is 0.457 e. The minimum atomic E-state index is -5.06. The molecule has 0 aromatic heterocycles. The maximum absolute atomic E-state index is 12.8. The van der Waals surface area contributed by atoms with Crippen molar-refractivity contribution >= 4 is 16.4 Å². The van der Waals surface area contributed by atoms with E-state index in [0.717, 1.165) is 57.8 Å². The van der Waals surface area contributed by atoms with Gasteiger partial charge < -0.3 is 34.3 Å². The van der Waals surface area contributed by atoms with Gasteiger partial charge in [0.1, 0.15) is 30.5 Å². The maximum atomic E-state index is 12.8. The van der Waals surface area contributed by atoms with E-state index in [2.05, 4.69) is 54.5 Å². The molecule has 6 atom stereocenters. The minimum absolute atomic E-state index is 0.0290. The van der Waals surface area contributed by atoms with Crippen molar-refractivity contribution in [1.82, 2.24) is 0 Å². The molecule has 13 heteroatoms. The van der Waals surface area contributed by atoms with Gasteiger partial charge >= 0.3 is 16.4 Å². The summed E-state index contributed by atoms with van der Waals surface area (Å²) < 4.78 is 59.0. The van der Waals surface area contributed by atoms with Crippen molar-refractivity contribution in [1.29, 1.82) is 0 Å². The lowest BCUT2D eigenvalue weighted by Crippen LogP contribution is -2.60. The number of aliphatic hydroxyl groups is 3. The Balaban J connectivity index is 2.44. The molecule has 58 heavy (non-hydrogen) atoms. The molecule has 0 aromatic carbocycles. The van der Waals surface area contributed by atoms with Crippen molar-refractivity contribution in [3.63, 3.8) is 0 Å². The normalized spacial score (nSPS) is 20.8. The van der Waals surface area contributed by atoms with E-state index < -0.39 is 59.8 Å². The molecule has 6 unspecified atom stereocenters. The molecule has 0 aromatic rings. The third-order valence-corrected chi connectivity index (χ3v) is 10.7. The topological polar surface area (TPSA) is 178 Å². The van der Waals surface area contributed by atoms with E-state index in [1.807, 2.05) is 0 Å². The van der Waals surface area contributed by atoms with Gasteiger partial charge in [-0.05, 0) is 70.6 Å². The molecular weight excluding hydrogens is 765 g/mol. The highest BCUT2D eigenvalue weighted by molar-refractivity contribution is 7.80. The molecule has 4 N–H and O–H groups in total. The van der Waals surface area contributed by atoms with Crippen molar-refractivity contribution in [2.75, 3.05) is 26.4 Å². The molecule has 0 amide bonds. The molecule has 0 bridgehead atoms. The van der Waals surface area contributed by atoms with E-state index in [4.69, 9.17) is 23.5 Å². The smallest absolute Gasteiger partial charge is 0.397 e.